The first-order chi connectivity index (χ1) is 9.17. The normalized spacial score (nSPS) is 10.7. The van der Waals surface area contributed by atoms with Crippen molar-refractivity contribution in [3.8, 4) is 5.75 Å². The second-order valence-corrected chi connectivity index (χ2v) is 4.91. The molecule has 0 aliphatic carbocycles. The zero-order valence-corrected chi connectivity index (χ0v) is 11.6. The van der Waals surface area contributed by atoms with Gasteiger partial charge in [0, 0.05) is 18.4 Å². The minimum absolute atomic E-state index is 0.0580. The number of aliphatic hydroxyl groups excluding tert-OH is 1. The molecule has 1 aromatic heterocycles. The molecule has 0 atom stereocenters. The third kappa shape index (κ3) is 2.90. The van der Waals surface area contributed by atoms with Gasteiger partial charge in [-0.25, -0.2) is 9.37 Å². The van der Waals surface area contributed by atoms with Gasteiger partial charge in [0.2, 0.25) is 0 Å². The third-order valence-electron chi connectivity index (χ3n) is 2.82. The first-order valence-corrected chi connectivity index (χ1v) is 6.71. The van der Waals surface area contributed by atoms with Gasteiger partial charge in [-0.1, -0.05) is 23.9 Å². The molecule has 102 valence electrons. The maximum Gasteiger partial charge on any atom is 0.169 e. The summed E-state index contributed by atoms with van der Waals surface area (Å²) in [5.74, 6) is 0.363. The number of benzene rings is 1. The summed E-state index contributed by atoms with van der Waals surface area (Å²) in [7, 11) is 3.27. The van der Waals surface area contributed by atoms with Gasteiger partial charge >= 0.3 is 0 Å². The lowest BCUT2D eigenvalue weighted by Gasteiger charge is -2.07. The van der Waals surface area contributed by atoms with Gasteiger partial charge in [-0.2, -0.15) is 0 Å². The molecular weight excluding hydrogens is 267 g/mol. The number of methoxy groups -OCH3 is 1. The number of hydrogen-bond donors (Lipinski definition) is 1. The zero-order valence-electron chi connectivity index (χ0n) is 10.8. The van der Waals surface area contributed by atoms with Gasteiger partial charge in [-0.3, -0.25) is 0 Å². The van der Waals surface area contributed by atoms with Gasteiger partial charge in [0.15, 0.2) is 16.7 Å². The Kier molecular flexibility index (Phi) is 4.44. The summed E-state index contributed by atoms with van der Waals surface area (Å²) in [6.07, 6.45) is 1.62. The monoisotopic (exact) mass is 282 g/mol. The number of aliphatic hydroxyl groups is 1. The van der Waals surface area contributed by atoms with Crippen LogP contribution in [0.2, 0.25) is 0 Å². The van der Waals surface area contributed by atoms with Crippen LogP contribution in [-0.4, -0.2) is 21.8 Å². The lowest BCUT2D eigenvalue weighted by Crippen LogP contribution is -1.98. The zero-order chi connectivity index (χ0) is 13.8. The molecule has 19 heavy (non-hydrogen) atoms. The first kappa shape index (κ1) is 13.9. The SMILES string of the molecule is COc1cccc(CSc2ncc(CO)n2C)c1F. The maximum atomic E-state index is 13.9. The highest BCUT2D eigenvalue weighted by atomic mass is 32.2. The maximum absolute atomic E-state index is 13.9. The second-order valence-electron chi connectivity index (χ2n) is 3.97. The molecule has 0 fully saturated rings. The Hall–Kier alpha value is -1.53. The van der Waals surface area contributed by atoms with Gasteiger partial charge in [0.05, 0.1) is 25.6 Å². The van der Waals surface area contributed by atoms with Crippen molar-refractivity contribution in [1.29, 1.82) is 0 Å². The third-order valence-corrected chi connectivity index (χ3v) is 3.92. The van der Waals surface area contributed by atoms with Crippen LogP contribution in [-0.2, 0) is 19.4 Å². The smallest absolute Gasteiger partial charge is 0.169 e. The average Bonchev–Trinajstić information content (AvgIpc) is 2.78. The van der Waals surface area contributed by atoms with E-state index in [-0.39, 0.29) is 18.2 Å². The molecule has 2 aromatic rings. The Labute approximate surface area is 115 Å². The van der Waals surface area contributed by atoms with E-state index >= 15 is 0 Å². The molecule has 0 bridgehead atoms. The molecule has 1 heterocycles. The van der Waals surface area contributed by atoms with E-state index < -0.39 is 0 Å². The average molecular weight is 282 g/mol. The van der Waals surface area contributed by atoms with Crippen molar-refractivity contribution in [2.24, 2.45) is 7.05 Å². The molecule has 1 aromatic carbocycles. The quantitative estimate of drug-likeness (QED) is 0.855. The van der Waals surface area contributed by atoms with Crippen LogP contribution in [0, 0.1) is 5.82 Å². The van der Waals surface area contributed by atoms with E-state index in [9.17, 15) is 4.39 Å². The summed E-state index contributed by atoms with van der Waals surface area (Å²) in [5.41, 5.74) is 1.30. The molecule has 0 amide bonds. The summed E-state index contributed by atoms with van der Waals surface area (Å²) >= 11 is 1.41. The number of thioether (sulfide) groups is 1. The van der Waals surface area contributed by atoms with Crippen molar-refractivity contribution in [2.75, 3.05) is 7.11 Å². The molecule has 0 aliphatic rings. The minimum atomic E-state index is -0.339. The van der Waals surface area contributed by atoms with E-state index in [2.05, 4.69) is 4.98 Å². The van der Waals surface area contributed by atoms with Crippen molar-refractivity contribution in [2.45, 2.75) is 17.5 Å². The number of imidazole rings is 1. The highest BCUT2D eigenvalue weighted by Gasteiger charge is 2.11. The molecule has 0 spiro atoms. The van der Waals surface area contributed by atoms with Gasteiger partial charge < -0.3 is 14.4 Å². The number of ether oxygens (including phenoxy) is 1. The van der Waals surface area contributed by atoms with Crippen LogP contribution in [0.1, 0.15) is 11.3 Å². The van der Waals surface area contributed by atoms with Crippen LogP contribution >= 0.6 is 11.8 Å². The highest BCUT2D eigenvalue weighted by Crippen LogP contribution is 2.27. The van der Waals surface area contributed by atoms with Crippen LogP contribution in [0.15, 0.2) is 29.6 Å². The Balaban J connectivity index is 2.12. The summed E-state index contributed by atoms with van der Waals surface area (Å²) in [6.45, 7) is -0.0580. The summed E-state index contributed by atoms with van der Waals surface area (Å²) < 4.78 is 20.7. The Bertz CT molecular complexity index is 572. The van der Waals surface area contributed by atoms with E-state index in [0.717, 1.165) is 10.9 Å². The molecule has 0 saturated heterocycles. The minimum Gasteiger partial charge on any atom is -0.494 e. The standard InChI is InChI=1S/C13H15FN2O2S/c1-16-10(7-17)6-15-13(16)19-8-9-4-3-5-11(18-2)12(9)14/h3-6,17H,7-8H2,1-2H3. The van der Waals surface area contributed by atoms with E-state index in [1.165, 1.54) is 18.9 Å². The molecule has 0 unspecified atom stereocenters. The predicted octanol–water partition coefficient (Wildman–Crippen LogP) is 2.35. The summed E-state index contributed by atoms with van der Waals surface area (Å²) in [4.78, 5) is 4.19. The fourth-order valence-corrected chi connectivity index (χ4v) is 2.62. The van der Waals surface area contributed by atoms with Crippen LogP contribution in [0.5, 0.6) is 5.75 Å². The lowest BCUT2D eigenvalue weighted by molar-refractivity contribution is 0.271. The van der Waals surface area contributed by atoms with E-state index in [4.69, 9.17) is 9.84 Å². The Morgan fingerprint density at radius 1 is 1.47 bits per heavy atom. The molecular formula is C13H15FN2O2S. The Morgan fingerprint density at radius 2 is 2.26 bits per heavy atom. The molecule has 0 saturated carbocycles. The van der Waals surface area contributed by atoms with Crippen LogP contribution in [0.4, 0.5) is 4.39 Å². The van der Waals surface area contributed by atoms with E-state index in [1.807, 2.05) is 7.05 Å². The largest absolute Gasteiger partial charge is 0.494 e. The number of nitrogens with zero attached hydrogens (tertiary/aromatic N) is 2. The number of hydrogen-bond acceptors (Lipinski definition) is 4. The van der Waals surface area contributed by atoms with Crippen LogP contribution in [0.25, 0.3) is 0 Å². The van der Waals surface area contributed by atoms with E-state index in [1.54, 1.807) is 29.0 Å². The van der Waals surface area contributed by atoms with Gasteiger partial charge in [0.25, 0.3) is 0 Å². The lowest BCUT2D eigenvalue weighted by atomic mass is 10.2. The molecule has 1 N–H and O–H groups in total. The predicted molar refractivity (Wildman–Crippen MR) is 71.6 cm³/mol. The van der Waals surface area contributed by atoms with Crippen LogP contribution < -0.4 is 4.74 Å². The molecule has 0 aliphatic heterocycles. The van der Waals surface area contributed by atoms with E-state index in [0.29, 0.717) is 11.3 Å². The fourth-order valence-electron chi connectivity index (χ4n) is 1.67. The fraction of sp³-hybridized carbons (Fsp3) is 0.308. The van der Waals surface area contributed by atoms with Crippen molar-refractivity contribution in [3.63, 3.8) is 0 Å². The van der Waals surface area contributed by atoms with Crippen molar-refractivity contribution in [3.05, 3.63) is 41.5 Å². The first-order valence-electron chi connectivity index (χ1n) is 5.73. The molecule has 6 heteroatoms. The number of halogens is 1. The van der Waals surface area contributed by atoms with Gasteiger partial charge in [-0.15, -0.1) is 0 Å². The van der Waals surface area contributed by atoms with Crippen LogP contribution in [0.3, 0.4) is 0 Å². The topological polar surface area (TPSA) is 47.3 Å². The summed E-state index contributed by atoms with van der Waals surface area (Å²) in [6, 6.07) is 5.07. The molecule has 4 nitrogen and oxygen atoms in total. The second kappa shape index (κ2) is 6.08. The highest BCUT2D eigenvalue weighted by molar-refractivity contribution is 7.98. The molecule has 0 radical (unpaired) electrons. The van der Waals surface area contributed by atoms with Gasteiger partial charge in [0.1, 0.15) is 0 Å². The van der Waals surface area contributed by atoms with Crippen molar-refractivity contribution < 1.29 is 14.2 Å². The number of rotatable bonds is 5. The number of aromatic nitrogens is 2. The summed E-state index contributed by atoms with van der Waals surface area (Å²) in [5, 5.41) is 9.82. The Morgan fingerprint density at radius 3 is 2.89 bits per heavy atom. The molecule has 2 rings (SSSR count). The van der Waals surface area contributed by atoms with Crippen molar-refractivity contribution in [1.82, 2.24) is 9.55 Å². The van der Waals surface area contributed by atoms with Crippen molar-refractivity contribution >= 4 is 11.8 Å². The van der Waals surface area contributed by atoms with Gasteiger partial charge in [-0.05, 0) is 6.07 Å².